The number of thiophene rings is 1. The monoisotopic (exact) mass is 474 g/mol. The Morgan fingerprint density at radius 1 is 1.06 bits per heavy atom. The van der Waals surface area contributed by atoms with E-state index in [1.54, 1.807) is 18.4 Å². The SMILES string of the molecule is COc1ccc2c(c1)c(C)c(-c1cc(C)cs1)n2C(CCCCC(C)c1ccccc1)C(N)=O. The molecule has 4 nitrogen and oxygen atoms in total. The predicted molar refractivity (Wildman–Crippen MR) is 143 cm³/mol. The molecular weight excluding hydrogens is 440 g/mol. The van der Waals surface area contributed by atoms with Crippen LogP contribution >= 0.6 is 11.3 Å². The fourth-order valence-corrected chi connectivity index (χ4v) is 5.90. The molecule has 0 aliphatic carbocycles. The van der Waals surface area contributed by atoms with E-state index < -0.39 is 6.04 Å². The van der Waals surface area contributed by atoms with Crippen molar-refractivity contribution in [2.45, 2.75) is 58.4 Å². The van der Waals surface area contributed by atoms with E-state index >= 15 is 0 Å². The van der Waals surface area contributed by atoms with Gasteiger partial charge in [0.2, 0.25) is 5.91 Å². The summed E-state index contributed by atoms with van der Waals surface area (Å²) < 4.78 is 7.66. The third kappa shape index (κ3) is 4.90. The number of benzene rings is 2. The maximum absolute atomic E-state index is 12.8. The molecule has 4 aromatic rings. The van der Waals surface area contributed by atoms with Crippen LogP contribution in [0.1, 0.15) is 61.3 Å². The van der Waals surface area contributed by atoms with Gasteiger partial charge in [-0.25, -0.2) is 0 Å². The summed E-state index contributed by atoms with van der Waals surface area (Å²) in [6.07, 6.45) is 3.82. The molecule has 0 radical (unpaired) electrons. The lowest BCUT2D eigenvalue weighted by molar-refractivity contribution is -0.121. The highest BCUT2D eigenvalue weighted by Gasteiger charge is 2.26. The van der Waals surface area contributed by atoms with E-state index in [0.29, 0.717) is 5.92 Å². The average Bonchev–Trinajstić information content (AvgIpc) is 3.39. The van der Waals surface area contributed by atoms with Gasteiger partial charge in [-0.1, -0.05) is 50.1 Å². The van der Waals surface area contributed by atoms with Crippen LogP contribution in [0.5, 0.6) is 5.75 Å². The first-order chi connectivity index (χ1) is 16.4. The average molecular weight is 475 g/mol. The highest BCUT2D eigenvalue weighted by molar-refractivity contribution is 7.13. The second-order valence-corrected chi connectivity index (χ2v) is 10.1. The van der Waals surface area contributed by atoms with E-state index in [-0.39, 0.29) is 5.91 Å². The minimum Gasteiger partial charge on any atom is -0.497 e. The summed E-state index contributed by atoms with van der Waals surface area (Å²) in [5.74, 6) is 1.03. The van der Waals surface area contributed by atoms with Gasteiger partial charge in [0.15, 0.2) is 0 Å². The van der Waals surface area contributed by atoms with Crippen LogP contribution in [-0.2, 0) is 4.79 Å². The normalized spacial score (nSPS) is 13.2. The number of aromatic nitrogens is 1. The van der Waals surface area contributed by atoms with E-state index in [1.165, 1.54) is 11.1 Å². The molecule has 4 rings (SSSR count). The minimum atomic E-state index is -0.394. The lowest BCUT2D eigenvalue weighted by atomic mass is 9.94. The molecule has 2 unspecified atom stereocenters. The molecule has 0 aliphatic heterocycles. The van der Waals surface area contributed by atoms with Crippen LogP contribution in [0.15, 0.2) is 60.0 Å². The number of amides is 1. The standard InChI is InChI=1S/C29H34N2O2S/c1-19-16-27(34-18-19)28-21(3)24-17-23(33-4)14-15-25(24)31(28)26(29(30)32)13-9-8-10-20(2)22-11-6-5-7-12-22/h5-7,11-12,14-18,20,26H,8-10,13H2,1-4H3,(H2,30,32). The van der Waals surface area contributed by atoms with Crippen LogP contribution in [0, 0.1) is 13.8 Å². The molecule has 34 heavy (non-hydrogen) atoms. The van der Waals surface area contributed by atoms with Crippen LogP contribution in [0.3, 0.4) is 0 Å². The maximum atomic E-state index is 12.8. The lowest BCUT2D eigenvalue weighted by Crippen LogP contribution is -2.27. The third-order valence-electron chi connectivity index (χ3n) is 6.80. The molecule has 0 spiro atoms. The highest BCUT2D eigenvalue weighted by Crippen LogP contribution is 2.41. The number of nitrogens with two attached hydrogens (primary N) is 1. The first-order valence-electron chi connectivity index (χ1n) is 12.0. The fraction of sp³-hybridized carbons (Fsp3) is 0.345. The molecule has 2 N–H and O–H groups in total. The molecule has 5 heteroatoms. The number of rotatable bonds is 10. The second-order valence-electron chi connectivity index (χ2n) is 9.23. The van der Waals surface area contributed by atoms with Crippen molar-refractivity contribution in [2.24, 2.45) is 5.73 Å². The summed E-state index contributed by atoms with van der Waals surface area (Å²) in [6, 6.07) is 18.5. The summed E-state index contributed by atoms with van der Waals surface area (Å²) in [4.78, 5) is 14.0. The van der Waals surface area contributed by atoms with E-state index in [9.17, 15) is 4.79 Å². The van der Waals surface area contributed by atoms with Gasteiger partial charge in [-0.15, -0.1) is 11.3 Å². The molecule has 0 saturated carbocycles. The van der Waals surface area contributed by atoms with Gasteiger partial charge >= 0.3 is 0 Å². The van der Waals surface area contributed by atoms with Crippen molar-refractivity contribution in [3.63, 3.8) is 0 Å². The summed E-state index contributed by atoms with van der Waals surface area (Å²) >= 11 is 1.71. The van der Waals surface area contributed by atoms with Gasteiger partial charge in [0, 0.05) is 10.9 Å². The van der Waals surface area contributed by atoms with Crippen molar-refractivity contribution in [1.29, 1.82) is 0 Å². The van der Waals surface area contributed by atoms with Crippen molar-refractivity contribution in [1.82, 2.24) is 4.57 Å². The van der Waals surface area contributed by atoms with Crippen LogP contribution in [0.25, 0.3) is 21.5 Å². The van der Waals surface area contributed by atoms with Crippen molar-refractivity contribution >= 4 is 28.1 Å². The molecule has 2 atom stereocenters. The number of hydrogen-bond donors (Lipinski definition) is 1. The van der Waals surface area contributed by atoms with E-state index in [1.807, 2.05) is 6.07 Å². The van der Waals surface area contributed by atoms with Crippen LogP contribution in [0.4, 0.5) is 0 Å². The van der Waals surface area contributed by atoms with Gasteiger partial charge in [-0.3, -0.25) is 4.79 Å². The molecule has 0 aliphatic rings. The van der Waals surface area contributed by atoms with Gasteiger partial charge in [0.25, 0.3) is 0 Å². The minimum absolute atomic E-state index is 0.279. The molecule has 0 bridgehead atoms. The predicted octanol–water partition coefficient (Wildman–Crippen LogP) is 7.39. The smallest absolute Gasteiger partial charge is 0.240 e. The number of aryl methyl sites for hydroxylation is 2. The number of methoxy groups -OCH3 is 1. The van der Waals surface area contributed by atoms with Gasteiger partial charge in [0.1, 0.15) is 11.8 Å². The zero-order valence-electron chi connectivity index (χ0n) is 20.5. The van der Waals surface area contributed by atoms with Crippen molar-refractivity contribution in [2.75, 3.05) is 7.11 Å². The van der Waals surface area contributed by atoms with E-state index in [0.717, 1.165) is 58.5 Å². The number of hydrogen-bond acceptors (Lipinski definition) is 3. The summed E-state index contributed by atoms with van der Waals surface area (Å²) in [5.41, 5.74) is 11.9. The van der Waals surface area contributed by atoms with Gasteiger partial charge in [0.05, 0.1) is 17.7 Å². The molecule has 2 heterocycles. The second kappa shape index (κ2) is 10.5. The number of primary amides is 1. The van der Waals surface area contributed by atoms with Gasteiger partial charge in [-0.2, -0.15) is 0 Å². The first-order valence-corrected chi connectivity index (χ1v) is 12.9. The molecule has 178 valence electrons. The number of carbonyl (C=O) groups excluding carboxylic acids is 1. The Labute approximate surface area is 206 Å². The van der Waals surface area contributed by atoms with E-state index in [4.69, 9.17) is 10.5 Å². The molecule has 0 fully saturated rings. The Balaban J connectivity index is 1.64. The molecular formula is C29H34N2O2S. The van der Waals surface area contributed by atoms with Crippen LogP contribution in [0.2, 0.25) is 0 Å². The highest BCUT2D eigenvalue weighted by atomic mass is 32.1. The molecule has 2 aromatic carbocycles. The van der Waals surface area contributed by atoms with Crippen LogP contribution in [-0.4, -0.2) is 17.6 Å². The number of nitrogens with zero attached hydrogens (tertiary/aromatic N) is 1. The molecule has 0 saturated heterocycles. The zero-order chi connectivity index (χ0) is 24.2. The Kier molecular flexibility index (Phi) is 7.42. The third-order valence-corrected chi connectivity index (χ3v) is 7.86. The van der Waals surface area contributed by atoms with Crippen molar-refractivity contribution in [3.8, 4) is 16.3 Å². The van der Waals surface area contributed by atoms with E-state index in [2.05, 4.69) is 79.2 Å². The maximum Gasteiger partial charge on any atom is 0.240 e. The van der Waals surface area contributed by atoms with Crippen molar-refractivity contribution in [3.05, 3.63) is 76.7 Å². The topological polar surface area (TPSA) is 57.2 Å². The number of fused-ring (bicyclic) bond motifs is 1. The Morgan fingerprint density at radius 2 is 1.79 bits per heavy atom. The molecule has 2 aromatic heterocycles. The van der Waals surface area contributed by atoms with Gasteiger partial charge < -0.3 is 15.0 Å². The quantitative estimate of drug-likeness (QED) is 0.244. The Bertz CT molecular complexity index is 1270. The number of ether oxygens (including phenoxy) is 1. The number of unbranched alkanes of at least 4 members (excludes halogenated alkanes) is 1. The summed E-state index contributed by atoms with van der Waals surface area (Å²) in [7, 11) is 1.68. The summed E-state index contributed by atoms with van der Waals surface area (Å²) in [5, 5.41) is 3.26. The van der Waals surface area contributed by atoms with Crippen molar-refractivity contribution < 1.29 is 9.53 Å². The van der Waals surface area contributed by atoms with Crippen LogP contribution < -0.4 is 10.5 Å². The summed E-state index contributed by atoms with van der Waals surface area (Å²) in [6.45, 7) is 6.50. The number of carbonyl (C=O) groups is 1. The zero-order valence-corrected chi connectivity index (χ0v) is 21.3. The first kappa shape index (κ1) is 24.1. The lowest BCUT2D eigenvalue weighted by Gasteiger charge is -2.21. The largest absolute Gasteiger partial charge is 0.497 e. The van der Waals surface area contributed by atoms with Gasteiger partial charge in [-0.05, 0) is 78.9 Å². The Hall–Kier alpha value is -3.05. The fourth-order valence-electron chi connectivity index (χ4n) is 4.90. The molecule has 1 amide bonds. The Morgan fingerprint density at radius 3 is 2.44 bits per heavy atom.